The Morgan fingerprint density at radius 1 is 1.27 bits per heavy atom. The van der Waals surface area contributed by atoms with Gasteiger partial charge in [-0.2, -0.15) is 5.10 Å². The number of amides is 1. The minimum atomic E-state index is -0.405. The first-order valence-electron chi connectivity index (χ1n) is 5.06. The molecule has 0 aliphatic carbocycles. The van der Waals surface area contributed by atoms with Gasteiger partial charge in [0.1, 0.15) is 5.56 Å². The van der Waals surface area contributed by atoms with Gasteiger partial charge < -0.3 is 5.32 Å². The van der Waals surface area contributed by atoms with Gasteiger partial charge in [-0.15, -0.1) is 0 Å². The van der Waals surface area contributed by atoms with Gasteiger partial charge in [0.25, 0.3) is 11.5 Å². The monoisotopic (exact) mass is 209 g/mol. The Labute approximate surface area is 87.9 Å². The van der Waals surface area contributed by atoms with Crippen molar-refractivity contribution in [1.29, 1.82) is 0 Å². The van der Waals surface area contributed by atoms with E-state index < -0.39 is 5.56 Å². The fourth-order valence-electron chi connectivity index (χ4n) is 1.51. The topological polar surface area (TPSA) is 74.8 Å². The molecule has 0 spiro atoms. The minimum absolute atomic E-state index is 0.221. The van der Waals surface area contributed by atoms with Crippen LogP contribution in [0, 0.1) is 6.92 Å². The highest BCUT2D eigenvalue weighted by molar-refractivity contribution is 5.96. The molecule has 2 rings (SSSR count). The van der Waals surface area contributed by atoms with Crippen molar-refractivity contribution < 1.29 is 4.79 Å². The van der Waals surface area contributed by atoms with Crippen LogP contribution in [0.3, 0.4) is 0 Å². The molecule has 5 heteroatoms. The minimum Gasteiger partial charge on any atom is -0.352 e. The molecule has 0 atom stereocenters. The molecule has 2 N–H and O–H groups in total. The van der Waals surface area contributed by atoms with Gasteiger partial charge in [0, 0.05) is 6.54 Å². The molecule has 0 fully saturated rings. The zero-order chi connectivity index (χ0) is 11.4. The van der Waals surface area contributed by atoms with E-state index in [2.05, 4.69) is 15.5 Å². The summed E-state index contributed by atoms with van der Waals surface area (Å²) in [6.45, 7) is 6.37. The summed E-state index contributed by atoms with van der Waals surface area (Å²) >= 11 is 0. The number of hydrogen-bond donors (Lipinski definition) is 2. The molecular weight excluding hydrogens is 194 g/mol. The summed E-state index contributed by atoms with van der Waals surface area (Å²) in [5.41, 5.74) is 1.31. The Hall–Kier alpha value is -1.65. The summed E-state index contributed by atoms with van der Waals surface area (Å²) < 4.78 is 0. The van der Waals surface area contributed by atoms with Gasteiger partial charge in [-0.3, -0.25) is 9.59 Å². The predicted molar refractivity (Wildman–Crippen MR) is 57.0 cm³/mol. The van der Waals surface area contributed by atoms with Crippen LogP contribution in [0.1, 0.15) is 35.5 Å². The van der Waals surface area contributed by atoms with Gasteiger partial charge >= 0.3 is 0 Å². The molecule has 5 nitrogen and oxygen atoms in total. The van der Waals surface area contributed by atoms with Gasteiger partial charge in [0.15, 0.2) is 0 Å². The lowest BCUT2D eigenvalue weighted by Crippen LogP contribution is -2.38. The molecule has 0 bridgehead atoms. The molecule has 2 heterocycles. The second kappa shape index (κ2) is 4.72. The van der Waals surface area contributed by atoms with Crippen LogP contribution < -0.4 is 10.9 Å². The second-order valence-electron chi connectivity index (χ2n) is 3.00. The van der Waals surface area contributed by atoms with Gasteiger partial charge in [-0.05, 0) is 18.9 Å². The molecule has 1 aromatic heterocycles. The van der Waals surface area contributed by atoms with E-state index >= 15 is 0 Å². The predicted octanol–water partition coefficient (Wildman–Crippen LogP) is 0.390. The first kappa shape index (κ1) is 11.4. The summed E-state index contributed by atoms with van der Waals surface area (Å²) in [7, 11) is 0. The summed E-state index contributed by atoms with van der Waals surface area (Å²) in [5, 5.41) is 8.72. The highest BCUT2D eigenvalue weighted by Gasteiger charge is 2.22. The molecule has 0 radical (unpaired) electrons. The number of aromatic nitrogens is 2. The van der Waals surface area contributed by atoms with Crippen molar-refractivity contribution in [3.63, 3.8) is 0 Å². The van der Waals surface area contributed by atoms with E-state index in [0.717, 1.165) is 11.3 Å². The molecule has 0 aromatic carbocycles. The number of nitrogens with zero attached hydrogens (tertiary/aromatic N) is 1. The van der Waals surface area contributed by atoms with E-state index in [4.69, 9.17) is 0 Å². The van der Waals surface area contributed by atoms with E-state index in [1.807, 2.05) is 13.8 Å². The maximum Gasteiger partial charge on any atom is 0.277 e. The van der Waals surface area contributed by atoms with Crippen LogP contribution in [0.15, 0.2) is 4.79 Å². The fraction of sp³-hybridized carbons (Fsp3) is 0.500. The molecule has 1 amide bonds. The lowest BCUT2D eigenvalue weighted by atomic mass is 10.0. The average Bonchev–Trinajstić information content (AvgIpc) is 2.26. The Bertz CT molecular complexity index is 423. The summed E-state index contributed by atoms with van der Waals surface area (Å²) in [5.74, 6) is -0.298. The number of hydrogen-bond acceptors (Lipinski definition) is 3. The average molecular weight is 209 g/mol. The molecule has 0 unspecified atom stereocenters. The SMILES string of the molecule is CC.Cc1n[nH]c(=O)c2c1CCNC2=O. The fourth-order valence-corrected chi connectivity index (χ4v) is 1.51. The van der Waals surface area contributed by atoms with Gasteiger partial charge in [0.05, 0.1) is 5.69 Å². The van der Waals surface area contributed by atoms with Gasteiger partial charge in [-0.1, -0.05) is 13.8 Å². The van der Waals surface area contributed by atoms with Gasteiger partial charge in [-0.25, -0.2) is 5.10 Å². The van der Waals surface area contributed by atoms with Gasteiger partial charge in [0.2, 0.25) is 0 Å². The Morgan fingerprint density at radius 3 is 2.53 bits per heavy atom. The number of nitrogens with one attached hydrogen (secondary N) is 2. The van der Waals surface area contributed by atoms with Crippen molar-refractivity contribution in [1.82, 2.24) is 15.5 Å². The molecule has 15 heavy (non-hydrogen) atoms. The quantitative estimate of drug-likeness (QED) is 0.649. The van der Waals surface area contributed by atoms with Crippen LogP contribution in [0.4, 0.5) is 0 Å². The first-order chi connectivity index (χ1) is 7.20. The third kappa shape index (κ3) is 2.06. The maximum absolute atomic E-state index is 11.3. The van der Waals surface area contributed by atoms with Crippen LogP contribution in [0.25, 0.3) is 0 Å². The van der Waals surface area contributed by atoms with E-state index in [9.17, 15) is 9.59 Å². The lowest BCUT2D eigenvalue weighted by Gasteiger charge is -2.15. The van der Waals surface area contributed by atoms with Crippen LogP contribution in [-0.4, -0.2) is 22.6 Å². The van der Waals surface area contributed by atoms with Crippen molar-refractivity contribution in [3.8, 4) is 0 Å². The van der Waals surface area contributed by atoms with Crippen LogP contribution in [0.5, 0.6) is 0 Å². The maximum atomic E-state index is 11.3. The van der Waals surface area contributed by atoms with E-state index in [0.29, 0.717) is 13.0 Å². The third-order valence-electron chi connectivity index (χ3n) is 2.18. The van der Waals surface area contributed by atoms with Crippen molar-refractivity contribution in [2.24, 2.45) is 0 Å². The van der Waals surface area contributed by atoms with Crippen LogP contribution in [-0.2, 0) is 6.42 Å². The smallest absolute Gasteiger partial charge is 0.277 e. The molecular formula is C10H15N3O2. The molecule has 1 aliphatic heterocycles. The standard InChI is InChI=1S/C8H9N3O2.C2H6/c1-4-5-2-3-9-7(12)6(5)8(13)11-10-4;1-2/h2-3H2,1H3,(H,9,12)(H,11,13);1-2H3. The summed E-state index contributed by atoms with van der Waals surface area (Å²) in [6, 6.07) is 0. The van der Waals surface area contributed by atoms with Crippen molar-refractivity contribution >= 4 is 5.91 Å². The van der Waals surface area contributed by atoms with Crippen LogP contribution in [0.2, 0.25) is 0 Å². The Morgan fingerprint density at radius 2 is 1.93 bits per heavy atom. The Balaban J connectivity index is 0.000000531. The van der Waals surface area contributed by atoms with E-state index in [1.54, 1.807) is 6.92 Å². The molecule has 1 aromatic rings. The number of rotatable bonds is 0. The number of aromatic amines is 1. The first-order valence-corrected chi connectivity index (χ1v) is 5.06. The number of fused-ring (bicyclic) bond motifs is 1. The number of H-pyrrole nitrogens is 1. The molecule has 82 valence electrons. The molecule has 1 aliphatic rings. The van der Waals surface area contributed by atoms with Crippen LogP contribution >= 0.6 is 0 Å². The van der Waals surface area contributed by atoms with E-state index in [1.165, 1.54) is 0 Å². The second-order valence-corrected chi connectivity index (χ2v) is 3.00. The molecule has 0 saturated heterocycles. The zero-order valence-corrected chi connectivity index (χ0v) is 9.18. The Kier molecular flexibility index (Phi) is 3.60. The largest absolute Gasteiger partial charge is 0.352 e. The summed E-state index contributed by atoms with van der Waals surface area (Å²) in [4.78, 5) is 22.5. The highest BCUT2D eigenvalue weighted by Crippen LogP contribution is 2.10. The third-order valence-corrected chi connectivity index (χ3v) is 2.18. The van der Waals surface area contributed by atoms with Crippen molar-refractivity contribution in [3.05, 3.63) is 27.2 Å². The van der Waals surface area contributed by atoms with Crippen molar-refractivity contribution in [2.45, 2.75) is 27.2 Å². The highest BCUT2D eigenvalue weighted by atomic mass is 16.2. The molecule has 0 saturated carbocycles. The van der Waals surface area contributed by atoms with Crippen molar-refractivity contribution in [2.75, 3.05) is 6.54 Å². The van der Waals surface area contributed by atoms with E-state index in [-0.39, 0.29) is 11.5 Å². The lowest BCUT2D eigenvalue weighted by molar-refractivity contribution is 0.0943. The number of carbonyl (C=O) groups excluding carboxylic acids is 1. The number of aryl methyl sites for hydroxylation is 1. The number of carbonyl (C=O) groups is 1. The zero-order valence-electron chi connectivity index (χ0n) is 9.18. The normalized spacial score (nSPS) is 13.4. The summed E-state index contributed by atoms with van der Waals surface area (Å²) in [6.07, 6.45) is 0.684.